The van der Waals surface area contributed by atoms with E-state index in [0.29, 0.717) is 17.9 Å². The number of halogens is 1. The van der Waals surface area contributed by atoms with Crippen LogP contribution in [0.15, 0.2) is 23.1 Å². The summed E-state index contributed by atoms with van der Waals surface area (Å²) in [5, 5.41) is 12.0. The standard InChI is InChI=1S/C15H21ClN2O4/c1-4-5-6-11(13(20)21)17-14(22)15(2,3)18-9-10(16)7-8-12(18)19/h7-9,11H,4-6H2,1-3H3,(H,17,22)(H,20,21). The van der Waals surface area contributed by atoms with E-state index in [-0.39, 0.29) is 5.56 Å². The molecule has 0 aromatic carbocycles. The van der Waals surface area contributed by atoms with Gasteiger partial charge in [-0.25, -0.2) is 4.79 Å². The minimum Gasteiger partial charge on any atom is -0.480 e. The quantitative estimate of drug-likeness (QED) is 0.801. The van der Waals surface area contributed by atoms with Gasteiger partial charge in [-0.05, 0) is 26.3 Å². The molecule has 0 fully saturated rings. The summed E-state index contributed by atoms with van der Waals surface area (Å²) < 4.78 is 1.20. The van der Waals surface area contributed by atoms with E-state index in [1.54, 1.807) is 13.8 Å². The molecule has 6 nitrogen and oxygen atoms in total. The maximum absolute atomic E-state index is 12.4. The van der Waals surface area contributed by atoms with Crippen molar-refractivity contribution in [2.45, 2.75) is 51.6 Å². The van der Waals surface area contributed by atoms with Crippen LogP contribution in [0.4, 0.5) is 0 Å². The number of carboxylic acids is 1. The second-order valence-corrected chi connectivity index (χ2v) is 6.06. The molecule has 0 saturated carbocycles. The Morgan fingerprint density at radius 2 is 2.05 bits per heavy atom. The van der Waals surface area contributed by atoms with Crippen LogP contribution < -0.4 is 10.9 Å². The maximum Gasteiger partial charge on any atom is 0.326 e. The number of hydrogen-bond acceptors (Lipinski definition) is 3. The molecule has 22 heavy (non-hydrogen) atoms. The van der Waals surface area contributed by atoms with Crippen LogP contribution in [-0.4, -0.2) is 27.6 Å². The lowest BCUT2D eigenvalue weighted by molar-refractivity contribution is -0.143. The molecule has 0 bridgehead atoms. The first-order chi connectivity index (χ1) is 10.2. The first kappa shape index (κ1) is 18.2. The van der Waals surface area contributed by atoms with Gasteiger partial charge < -0.3 is 10.4 Å². The van der Waals surface area contributed by atoms with Gasteiger partial charge in [0.25, 0.3) is 5.56 Å². The minimum atomic E-state index is -1.25. The Balaban J connectivity index is 3.00. The number of unbranched alkanes of at least 4 members (excludes halogenated alkanes) is 1. The molecule has 1 amide bonds. The van der Waals surface area contributed by atoms with Crippen molar-refractivity contribution in [1.29, 1.82) is 0 Å². The van der Waals surface area contributed by atoms with Crippen molar-refractivity contribution in [3.05, 3.63) is 33.7 Å². The number of rotatable bonds is 7. The van der Waals surface area contributed by atoms with Gasteiger partial charge in [0.15, 0.2) is 0 Å². The summed E-state index contributed by atoms with van der Waals surface area (Å²) in [5.74, 6) is -1.63. The molecule has 0 aliphatic rings. The van der Waals surface area contributed by atoms with E-state index in [0.717, 1.165) is 6.42 Å². The van der Waals surface area contributed by atoms with Crippen LogP contribution >= 0.6 is 11.6 Å². The molecular formula is C15H21ClN2O4. The summed E-state index contributed by atoms with van der Waals surface area (Å²) in [6.45, 7) is 5.02. The number of carbonyl (C=O) groups is 2. The number of nitrogens with zero attached hydrogens (tertiary/aromatic N) is 1. The number of nitrogens with one attached hydrogen (secondary N) is 1. The fraction of sp³-hybridized carbons (Fsp3) is 0.533. The Hall–Kier alpha value is -1.82. The molecule has 7 heteroatoms. The molecule has 0 radical (unpaired) electrons. The van der Waals surface area contributed by atoms with Crippen LogP contribution in [0.25, 0.3) is 0 Å². The number of aliphatic carboxylic acids is 1. The lowest BCUT2D eigenvalue weighted by Gasteiger charge is -2.28. The van der Waals surface area contributed by atoms with E-state index in [2.05, 4.69) is 5.32 Å². The SMILES string of the molecule is CCCCC(NC(=O)C(C)(C)n1cc(Cl)ccc1=O)C(=O)O. The van der Waals surface area contributed by atoms with Crippen molar-refractivity contribution < 1.29 is 14.7 Å². The first-order valence-electron chi connectivity index (χ1n) is 7.12. The van der Waals surface area contributed by atoms with E-state index in [1.807, 2.05) is 6.92 Å². The van der Waals surface area contributed by atoms with Crippen molar-refractivity contribution in [3.63, 3.8) is 0 Å². The number of amides is 1. The van der Waals surface area contributed by atoms with Crippen molar-refractivity contribution in [1.82, 2.24) is 9.88 Å². The average Bonchev–Trinajstić information content (AvgIpc) is 2.45. The molecule has 1 atom stereocenters. The lowest BCUT2D eigenvalue weighted by Crippen LogP contribution is -2.53. The van der Waals surface area contributed by atoms with E-state index < -0.39 is 23.5 Å². The second kappa shape index (κ2) is 7.45. The zero-order valence-electron chi connectivity index (χ0n) is 12.9. The van der Waals surface area contributed by atoms with Crippen LogP contribution in [0, 0.1) is 0 Å². The van der Waals surface area contributed by atoms with Gasteiger partial charge in [-0.3, -0.25) is 14.2 Å². The number of carboxylic acid groups (broad SMARTS) is 1. The summed E-state index contributed by atoms with van der Waals surface area (Å²) in [6.07, 6.45) is 3.23. The minimum absolute atomic E-state index is 0.321. The Bertz CT molecular complexity index is 610. The van der Waals surface area contributed by atoms with E-state index >= 15 is 0 Å². The van der Waals surface area contributed by atoms with Gasteiger partial charge >= 0.3 is 5.97 Å². The molecule has 0 aliphatic heterocycles. The normalized spacial score (nSPS) is 12.7. The summed E-state index contributed by atoms with van der Waals surface area (Å²) in [6, 6.07) is 1.74. The van der Waals surface area contributed by atoms with Crippen LogP contribution in [0.2, 0.25) is 5.02 Å². The van der Waals surface area contributed by atoms with Gasteiger partial charge in [-0.1, -0.05) is 31.4 Å². The van der Waals surface area contributed by atoms with E-state index in [9.17, 15) is 19.5 Å². The molecule has 1 rings (SSSR count). The molecule has 1 unspecified atom stereocenters. The molecule has 1 heterocycles. The number of aromatic nitrogens is 1. The predicted molar refractivity (Wildman–Crippen MR) is 84.1 cm³/mol. The molecule has 0 spiro atoms. The highest BCUT2D eigenvalue weighted by Gasteiger charge is 2.33. The number of carbonyl (C=O) groups excluding carboxylic acids is 1. The van der Waals surface area contributed by atoms with Gasteiger partial charge in [0.05, 0.1) is 5.02 Å². The zero-order valence-corrected chi connectivity index (χ0v) is 13.7. The fourth-order valence-corrected chi connectivity index (χ4v) is 2.17. The molecular weight excluding hydrogens is 308 g/mol. The van der Waals surface area contributed by atoms with Gasteiger partial charge in [-0.2, -0.15) is 0 Å². The number of hydrogen-bond donors (Lipinski definition) is 2. The summed E-state index contributed by atoms with van der Waals surface area (Å²) in [5.41, 5.74) is -1.63. The Labute approximate surface area is 134 Å². The van der Waals surface area contributed by atoms with Gasteiger partial charge in [0.1, 0.15) is 11.6 Å². The third-order valence-corrected chi connectivity index (χ3v) is 3.71. The Kier molecular flexibility index (Phi) is 6.17. The third kappa shape index (κ3) is 4.34. The zero-order chi connectivity index (χ0) is 16.9. The van der Waals surface area contributed by atoms with Crippen molar-refractivity contribution in [2.24, 2.45) is 0 Å². The van der Waals surface area contributed by atoms with Crippen LogP contribution in [0.5, 0.6) is 0 Å². The maximum atomic E-state index is 12.4. The van der Waals surface area contributed by atoms with E-state index in [4.69, 9.17) is 11.6 Å². The van der Waals surface area contributed by atoms with Crippen molar-refractivity contribution in [2.75, 3.05) is 0 Å². The van der Waals surface area contributed by atoms with Crippen LogP contribution in [0.3, 0.4) is 0 Å². The number of pyridine rings is 1. The summed E-state index contributed by atoms with van der Waals surface area (Å²) >= 11 is 5.87. The average molecular weight is 329 g/mol. The van der Waals surface area contributed by atoms with Crippen molar-refractivity contribution in [3.8, 4) is 0 Å². The molecule has 0 aliphatic carbocycles. The summed E-state index contributed by atoms with van der Waals surface area (Å²) in [7, 11) is 0. The van der Waals surface area contributed by atoms with Gasteiger partial charge in [0, 0.05) is 12.3 Å². The molecule has 122 valence electrons. The second-order valence-electron chi connectivity index (χ2n) is 5.62. The Morgan fingerprint density at radius 1 is 1.41 bits per heavy atom. The third-order valence-electron chi connectivity index (χ3n) is 3.48. The summed E-state index contributed by atoms with van der Waals surface area (Å²) in [4.78, 5) is 35.6. The largest absolute Gasteiger partial charge is 0.480 e. The van der Waals surface area contributed by atoms with E-state index in [1.165, 1.54) is 22.9 Å². The molecule has 2 N–H and O–H groups in total. The molecule has 1 aromatic heterocycles. The monoisotopic (exact) mass is 328 g/mol. The Morgan fingerprint density at radius 3 is 2.59 bits per heavy atom. The first-order valence-corrected chi connectivity index (χ1v) is 7.50. The molecule has 0 saturated heterocycles. The topological polar surface area (TPSA) is 88.4 Å². The van der Waals surface area contributed by atoms with Crippen LogP contribution in [0.1, 0.15) is 40.0 Å². The molecule has 1 aromatic rings. The van der Waals surface area contributed by atoms with Gasteiger partial charge in [0.2, 0.25) is 5.91 Å². The van der Waals surface area contributed by atoms with Gasteiger partial charge in [-0.15, -0.1) is 0 Å². The smallest absolute Gasteiger partial charge is 0.326 e. The van der Waals surface area contributed by atoms with Crippen LogP contribution in [-0.2, 0) is 15.1 Å². The van der Waals surface area contributed by atoms with Crippen molar-refractivity contribution >= 4 is 23.5 Å². The highest BCUT2D eigenvalue weighted by Crippen LogP contribution is 2.16. The predicted octanol–water partition coefficient (Wildman–Crippen LogP) is 2.00. The lowest BCUT2D eigenvalue weighted by atomic mass is 10.0. The highest BCUT2D eigenvalue weighted by atomic mass is 35.5. The highest BCUT2D eigenvalue weighted by molar-refractivity contribution is 6.30. The fourth-order valence-electron chi connectivity index (χ4n) is 2.01.